The van der Waals surface area contributed by atoms with Crippen LogP contribution in [-0.2, 0) is 0 Å². The molecule has 1 aliphatic heterocycles. The number of amides is 2. The predicted molar refractivity (Wildman–Crippen MR) is 141 cm³/mol. The smallest absolute Gasteiger partial charge is 0.257 e. The quantitative estimate of drug-likeness (QED) is 0.443. The number of aromatic nitrogens is 1. The summed E-state index contributed by atoms with van der Waals surface area (Å²) in [5, 5.41) is 0.971. The minimum Gasteiger partial charge on any atom is -0.487 e. The Bertz CT molecular complexity index is 1230. The maximum Gasteiger partial charge on any atom is 0.257 e. The van der Waals surface area contributed by atoms with Crippen molar-refractivity contribution < 1.29 is 14.3 Å². The molecule has 2 aromatic carbocycles. The Kier molecular flexibility index (Phi) is 7.49. The van der Waals surface area contributed by atoms with Crippen LogP contribution >= 0.6 is 0 Å². The summed E-state index contributed by atoms with van der Waals surface area (Å²) in [5.41, 5.74) is 2.11. The van der Waals surface area contributed by atoms with Crippen molar-refractivity contribution in [2.24, 2.45) is 0 Å². The Morgan fingerprint density at radius 2 is 1.67 bits per heavy atom. The molecule has 2 heterocycles. The lowest BCUT2D eigenvalue weighted by molar-refractivity contribution is 0.0267. The summed E-state index contributed by atoms with van der Waals surface area (Å²) in [6, 6.07) is 17.4. The summed E-state index contributed by atoms with van der Waals surface area (Å²) >= 11 is 0. The molecular formula is C30H35N3O3. The highest BCUT2D eigenvalue weighted by Gasteiger charge is 2.35. The van der Waals surface area contributed by atoms with Gasteiger partial charge in [0, 0.05) is 31.7 Å². The fraction of sp³-hybridized carbons (Fsp3) is 0.433. The third-order valence-electron chi connectivity index (χ3n) is 7.55. The van der Waals surface area contributed by atoms with Crippen molar-refractivity contribution in [2.75, 3.05) is 20.1 Å². The molecule has 5 rings (SSSR count). The molecule has 188 valence electrons. The van der Waals surface area contributed by atoms with E-state index in [9.17, 15) is 9.59 Å². The van der Waals surface area contributed by atoms with E-state index in [1.54, 1.807) is 11.1 Å². The van der Waals surface area contributed by atoms with Crippen LogP contribution in [0.2, 0.25) is 0 Å². The number of para-hydroxylation sites is 2. The number of ether oxygens (including phenoxy) is 1. The van der Waals surface area contributed by atoms with Gasteiger partial charge in [0.1, 0.15) is 11.9 Å². The van der Waals surface area contributed by atoms with Gasteiger partial charge in [0.2, 0.25) is 0 Å². The van der Waals surface area contributed by atoms with E-state index in [2.05, 4.69) is 4.98 Å². The highest BCUT2D eigenvalue weighted by molar-refractivity contribution is 5.98. The number of fused-ring (bicyclic) bond motifs is 3. The summed E-state index contributed by atoms with van der Waals surface area (Å²) in [4.78, 5) is 35.5. The number of pyridine rings is 1. The van der Waals surface area contributed by atoms with Crippen LogP contribution in [0.5, 0.6) is 5.75 Å². The monoisotopic (exact) mass is 485 g/mol. The lowest BCUT2D eigenvalue weighted by atomic mass is 9.90. The molecule has 2 amide bonds. The summed E-state index contributed by atoms with van der Waals surface area (Å²) in [5.74, 6) is 0.623. The molecule has 2 aliphatic rings. The second-order valence-electron chi connectivity index (χ2n) is 10.1. The van der Waals surface area contributed by atoms with Gasteiger partial charge in [0.15, 0.2) is 0 Å². The first kappa shape index (κ1) is 24.3. The molecule has 36 heavy (non-hydrogen) atoms. The maximum absolute atomic E-state index is 13.9. The van der Waals surface area contributed by atoms with Crippen LogP contribution in [0, 0.1) is 0 Å². The topological polar surface area (TPSA) is 62.7 Å². The van der Waals surface area contributed by atoms with Gasteiger partial charge < -0.3 is 14.5 Å². The van der Waals surface area contributed by atoms with Gasteiger partial charge in [0.05, 0.1) is 22.7 Å². The molecule has 1 aromatic heterocycles. The average molecular weight is 486 g/mol. The number of carbonyl (C=O) groups excluding carboxylic acids is 2. The number of rotatable bonds is 1. The molecule has 0 bridgehead atoms. The SMILES string of the molecule is CN1CCCCCCN(C(=O)c2cnc3ccccc3c2)[C@@H]2CCCC[C@@H]2Oc2ccccc2C1=O. The van der Waals surface area contributed by atoms with E-state index in [4.69, 9.17) is 4.74 Å². The molecule has 2 atom stereocenters. The number of nitrogens with zero attached hydrogens (tertiary/aromatic N) is 3. The Hall–Kier alpha value is -3.41. The molecule has 0 saturated heterocycles. The number of benzene rings is 2. The molecule has 0 radical (unpaired) electrons. The third kappa shape index (κ3) is 5.23. The van der Waals surface area contributed by atoms with Crippen LogP contribution in [0.1, 0.15) is 72.1 Å². The highest BCUT2D eigenvalue weighted by Crippen LogP contribution is 2.31. The number of hydrogen-bond acceptors (Lipinski definition) is 4. The second-order valence-corrected chi connectivity index (χ2v) is 10.1. The van der Waals surface area contributed by atoms with Crippen molar-refractivity contribution in [2.45, 2.75) is 63.5 Å². The van der Waals surface area contributed by atoms with Gasteiger partial charge in [-0.2, -0.15) is 0 Å². The van der Waals surface area contributed by atoms with E-state index < -0.39 is 0 Å². The molecule has 0 unspecified atom stereocenters. The molecule has 1 saturated carbocycles. The van der Waals surface area contributed by atoms with Crippen LogP contribution in [0.3, 0.4) is 0 Å². The molecule has 6 heteroatoms. The van der Waals surface area contributed by atoms with Gasteiger partial charge >= 0.3 is 0 Å². The van der Waals surface area contributed by atoms with Crippen molar-refractivity contribution in [1.29, 1.82) is 0 Å². The van der Waals surface area contributed by atoms with E-state index in [0.717, 1.165) is 62.3 Å². The Morgan fingerprint density at radius 1 is 0.917 bits per heavy atom. The van der Waals surface area contributed by atoms with Gasteiger partial charge in [0.25, 0.3) is 11.8 Å². The Morgan fingerprint density at radius 3 is 2.56 bits per heavy atom. The molecule has 1 fully saturated rings. The van der Waals surface area contributed by atoms with Gasteiger partial charge in [-0.1, -0.05) is 49.6 Å². The predicted octanol–water partition coefficient (Wildman–Crippen LogP) is 5.71. The first-order valence-electron chi connectivity index (χ1n) is 13.3. The van der Waals surface area contributed by atoms with Crippen LogP contribution in [-0.4, -0.2) is 58.9 Å². The molecule has 1 aliphatic carbocycles. The standard InChI is InChI=1S/C30H35N3O3/c1-32-18-10-2-3-11-19-33(29(34)23-20-22-12-4-6-14-25(22)31-21-23)26-15-7-9-17-28(26)36-27-16-8-5-13-24(27)30(32)35/h4-6,8,12-14,16,20-21,26,28H,2-3,7,9-11,15,17-19H2,1H3/t26-,28+/m1/s1. The van der Waals surface area contributed by atoms with Crippen LogP contribution in [0.4, 0.5) is 0 Å². The molecule has 0 spiro atoms. The second kappa shape index (κ2) is 11.1. The Balaban J connectivity index is 1.49. The van der Waals surface area contributed by atoms with Gasteiger partial charge in [-0.25, -0.2) is 0 Å². The minimum absolute atomic E-state index is 0.00908. The molecule has 6 nitrogen and oxygen atoms in total. The first-order valence-corrected chi connectivity index (χ1v) is 13.3. The van der Waals surface area contributed by atoms with Gasteiger partial charge in [-0.3, -0.25) is 14.6 Å². The summed E-state index contributed by atoms with van der Waals surface area (Å²) in [6.45, 7) is 1.41. The van der Waals surface area contributed by atoms with Gasteiger partial charge in [-0.05, 0) is 56.4 Å². The van der Waals surface area contributed by atoms with E-state index in [1.807, 2.05) is 66.5 Å². The summed E-state index contributed by atoms with van der Waals surface area (Å²) in [7, 11) is 1.87. The van der Waals surface area contributed by atoms with E-state index in [1.165, 1.54) is 0 Å². The van der Waals surface area contributed by atoms with Crippen molar-refractivity contribution in [3.05, 3.63) is 71.9 Å². The third-order valence-corrected chi connectivity index (χ3v) is 7.55. The van der Waals surface area contributed by atoms with Crippen molar-refractivity contribution in [3.8, 4) is 5.75 Å². The van der Waals surface area contributed by atoms with Crippen LogP contribution < -0.4 is 4.74 Å². The van der Waals surface area contributed by atoms with Crippen molar-refractivity contribution >= 4 is 22.7 Å². The van der Waals surface area contributed by atoms with E-state index >= 15 is 0 Å². The molecule has 3 aromatic rings. The van der Waals surface area contributed by atoms with Crippen molar-refractivity contribution in [1.82, 2.24) is 14.8 Å². The largest absolute Gasteiger partial charge is 0.487 e. The maximum atomic E-state index is 13.9. The lowest BCUT2D eigenvalue weighted by Gasteiger charge is -2.40. The minimum atomic E-state index is -0.154. The fourth-order valence-corrected chi connectivity index (χ4v) is 5.54. The van der Waals surface area contributed by atoms with E-state index in [-0.39, 0.29) is 24.0 Å². The molecular weight excluding hydrogens is 450 g/mol. The first-order chi connectivity index (χ1) is 17.6. The highest BCUT2D eigenvalue weighted by atomic mass is 16.5. The zero-order chi connectivity index (χ0) is 24.9. The zero-order valence-corrected chi connectivity index (χ0v) is 21.1. The average Bonchev–Trinajstić information content (AvgIpc) is 2.92. The normalized spacial score (nSPS) is 21.8. The lowest BCUT2D eigenvalue weighted by Crippen LogP contribution is -2.51. The Labute approximate surface area is 213 Å². The number of hydrogen-bond donors (Lipinski definition) is 0. The van der Waals surface area contributed by atoms with Crippen LogP contribution in [0.25, 0.3) is 10.9 Å². The molecule has 0 N–H and O–H groups in total. The van der Waals surface area contributed by atoms with Gasteiger partial charge in [-0.15, -0.1) is 0 Å². The summed E-state index contributed by atoms with van der Waals surface area (Å²) < 4.78 is 6.59. The zero-order valence-electron chi connectivity index (χ0n) is 21.1. The van der Waals surface area contributed by atoms with E-state index in [0.29, 0.717) is 30.0 Å². The van der Waals surface area contributed by atoms with Crippen molar-refractivity contribution in [3.63, 3.8) is 0 Å². The summed E-state index contributed by atoms with van der Waals surface area (Å²) in [6.07, 6.45) is 9.36. The fourth-order valence-electron chi connectivity index (χ4n) is 5.54. The number of carbonyl (C=O) groups is 2. The van der Waals surface area contributed by atoms with Crippen LogP contribution in [0.15, 0.2) is 60.8 Å².